The first-order chi connectivity index (χ1) is 17.7. The highest BCUT2D eigenvalue weighted by atomic mass is 19.3. The third kappa shape index (κ3) is 5.61. The van der Waals surface area contributed by atoms with Crippen LogP contribution in [0.5, 0.6) is 11.5 Å². The standard InChI is InChI=1S/C27H31F2N3O5/c1-27(34,16-31-7-9-36-10-8-31)19-5-6-32-20(15-30-24(32)14-19)18-12-22(35-2)25(21(33)11-17-3-4-17)23(13-18)37-26(28)29/h5-6,12-15,17,26,34H,3-4,7-11,16H2,1-2H3. The molecule has 0 spiro atoms. The zero-order chi connectivity index (χ0) is 26.2. The number of aliphatic hydroxyl groups is 1. The Balaban J connectivity index is 1.49. The summed E-state index contributed by atoms with van der Waals surface area (Å²) < 4.78 is 44.0. The van der Waals surface area contributed by atoms with Crippen molar-refractivity contribution in [3.63, 3.8) is 0 Å². The van der Waals surface area contributed by atoms with Gasteiger partial charge in [0.05, 0.1) is 37.8 Å². The molecule has 1 unspecified atom stereocenters. The van der Waals surface area contributed by atoms with Gasteiger partial charge in [0, 0.05) is 37.8 Å². The van der Waals surface area contributed by atoms with E-state index in [9.17, 15) is 18.7 Å². The summed E-state index contributed by atoms with van der Waals surface area (Å²) in [6.07, 6.45) is 5.59. The predicted molar refractivity (Wildman–Crippen MR) is 132 cm³/mol. The first-order valence-electron chi connectivity index (χ1n) is 12.5. The zero-order valence-electron chi connectivity index (χ0n) is 21.0. The van der Waals surface area contributed by atoms with Gasteiger partial charge in [-0.15, -0.1) is 0 Å². The predicted octanol–water partition coefficient (Wildman–Crippen LogP) is 4.13. The topological polar surface area (TPSA) is 85.5 Å². The van der Waals surface area contributed by atoms with Crippen LogP contribution in [-0.2, 0) is 10.3 Å². The monoisotopic (exact) mass is 515 g/mol. The van der Waals surface area contributed by atoms with Crippen molar-refractivity contribution in [3.05, 3.63) is 47.8 Å². The van der Waals surface area contributed by atoms with E-state index in [4.69, 9.17) is 14.2 Å². The fourth-order valence-corrected chi connectivity index (χ4v) is 4.86. The summed E-state index contributed by atoms with van der Waals surface area (Å²) in [6, 6.07) is 6.70. The number of pyridine rings is 1. The van der Waals surface area contributed by atoms with Gasteiger partial charge in [0.1, 0.15) is 22.7 Å². The van der Waals surface area contributed by atoms with Crippen LogP contribution >= 0.6 is 0 Å². The number of rotatable bonds is 10. The number of carbonyl (C=O) groups is 1. The van der Waals surface area contributed by atoms with E-state index in [0.29, 0.717) is 42.2 Å². The number of carbonyl (C=O) groups excluding carboxylic acids is 1. The minimum atomic E-state index is -3.09. The highest BCUT2D eigenvalue weighted by molar-refractivity contribution is 6.02. The normalized spacial score (nSPS) is 18.2. The van der Waals surface area contributed by atoms with E-state index in [1.807, 2.05) is 12.1 Å². The SMILES string of the molecule is COc1cc(-c2cnc3cc(C(C)(O)CN4CCOCC4)ccn23)cc(OC(F)F)c1C(=O)CC1CC1. The van der Waals surface area contributed by atoms with Gasteiger partial charge in [0.15, 0.2) is 5.78 Å². The quantitative estimate of drug-likeness (QED) is 0.407. The first kappa shape index (κ1) is 25.6. The molecule has 1 aliphatic heterocycles. The molecule has 2 aliphatic rings. The third-order valence-corrected chi connectivity index (χ3v) is 7.02. The maximum Gasteiger partial charge on any atom is 0.387 e. The minimum absolute atomic E-state index is 0.0358. The number of imidazole rings is 1. The Bertz CT molecular complexity index is 1280. The number of methoxy groups -OCH3 is 1. The maximum absolute atomic E-state index is 13.3. The number of Topliss-reactive ketones (excluding diaryl/α,β-unsaturated/α-hetero) is 1. The van der Waals surface area contributed by atoms with Gasteiger partial charge in [-0.05, 0) is 55.5 Å². The molecule has 1 saturated carbocycles. The van der Waals surface area contributed by atoms with Crippen LogP contribution in [0.3, 0.4) is 0 Å². The number of halogens is 2. The van der Waals surface area contributed by atoms with Gasteiger partial charge in [-0.25, -0.2) is 4.98 Å². The number of morpholine rings is 1. The van der Waals surface area contributed by atoms with E-state index in [-0.39, 0.29) is 35.2 Å². The molecule has 1 N–H and O–H groups in total. The molecule has 1 saturated heterocycles. The highest BCUT2D eigenvalue weighted by Crippen LogP contribution is 2.40. The van der Waals surface area contributed by atoms with Crippen molar-refractivity contribution in [3.8, 4) is 22.8 Å². The number of ketones is 1. The summed E-state index contributed by atoms with van der Waals surface area (Å²) in [4.78, 5) is 19.6. The number of fused-ring (bicyclic) bond motifs is 1. The van der Waals surface area contributed by atoms with E-state index in [0.717, 1.165) is 25.9 Å². The second kappa shape index (κ2) is 10.4. The number of hydrogen-bond acceptors (Lipinski definition) is 7. The van der Waals surface area contributed by atoms with Crippen LogP contribution in [0.4, 0.5) is 8.78 Å². The smallest absolute Gasteiger partial charge is 0.387 e. The van der Waals surface area contributed by atoms with Crippen LogP contribution < -0.4 is 9.47 Å². The molecule has 5 rings (SSSR count). The Hall–Kier alpha value is -3.08. The van der Waals surface area contributed by atoms with Crippen molar-refractivity contribution < 1.29 is 32.9 Å². The van der Waals surface area contributed by atoms with Crippen molar-refractivity contribution in [2.75, 3.05) is 40.0 Å². The van der Waals surface area contributed by atoms with Gasteiger partial charge in [0.25, 0.3) is 0 Å². The highest BCUT2D eigenvalue weighted by Gasteiger charge is 2.31. The van der Waals surface area contributed by atoms with Crippen LogP contribution in [0, 0.1) is 5.92 Å². The maximum atomic E-state index is 13.3. The fourth-order valence-electron chi connectivity index (χ4n) is 4.86. The van der Waals surface area contributed by atoms with Gasteiger partial charge in [-0.3, -0.25) is 14.1 Å². The lowest BCUT2D eigenvalue weighted by Crippen LogP contribution is -2.44. The Morgan fingerprint density at radius 2 is 1.97 bits per heavy atom. The summed E-state index contributed by atoms with van der Waals surface area (Å²) >= 11 is 0. The number of benzene rings is 1. The molecular weight excluding hydrogens is 484 g/mol. The van der Waals surface area contributed by atoms with Crippen LogP contribution in [0.1, 0.15) is 42.1 Å². The molecule has 10 heteroatoms. The second-order valence-electron chi connectivity index (χ2n) is 9.95. The summed E-state index contributed by atoms with van der Waals surface area (Å²) in [6.45, 7) is 1.95. The van der Waals surface area contributed by atoms with Gasteiger partial charge in [-0.1, -0.05) is 0 Å². The molecule has 1 atom stereocenters. The number of hydrogen-bond donors (Lipinski definition) is 1. The molecular formula is C27H31F2N3O5. The van der Waals surface area contributed by atoms with Crippen LogP contribution in [-0.4, -0.2) is 71.7 Å². The number of nitrogens with zero attached hydrogens (tertiary/aromatic N) is 3. The lowest BCUT2D eigenvalue weighted by Gasteiger charge is -2.34. The largest absolute Gasteiger partial charge is 0.496 e. The second-order valence-corrected chi connectivity index (χ2v) is 9.95. The molecule has 3 heterocycles. The molecule has 198 valence electrons. The molecule has 37 heavy (non-hydrogen) atoms. The summed E-state index contributed by atoms with van der Waals surface area (Å²) in [5.41, 5.74) is 1.34. The van der Waals surface area contributed by atoms with E-state index >= 15 is 0 Å². The van der Waals surface area contributed by atoms with Gasteiger partial charge < -0.3 is 19.3 Å². The van der Waals surface area contributed by atoms with Gasteiger partial charge >= 0.3 is 6.61 Å². The molecule has 1 aliphatic carbocycles. The Morgan fingerprint density at radius 1 is 1.24 bits per heavy atom. The van der Waals surface area contributed by atoms with E-state index in [2.05, 4.69) is 9.88 Å². The van der Waals surface area contributed by atoms with E-state index in [1.54, 1.807) is 29.8 Å². The van der Waals surface area contributed by atoms with Crippen LogP contribution in [0.25, 0.3) is 16.9 Å². The number of aromatic nitrogens is 2. The zero-order valence-corrected chi connectivity index (χ0v) is 21.0. The fraction of sp³-hybridized carbons (Fsp3) is 0.481. The average molecular weight is 516 g/mol. The van der Waals surface area contributed by atoms with Gasteiger partial charge in [0.2, 0.25) is 0 Å². The van der Waals surface area contributed by atoms with E-state index in [1.165, 1.54) is 13.2 Å². The number of β-amino-alcohol motifs (C(OH)–C–C–N with tert-alkyl or cyclic N) is 1. The molecule has 3 aromatic rings. The average Bonchev–Trinajstić information content (AvgIpc) is 3.57. The lowest BCUT2D eigenvalue weighted by atomic mass is 9.96. The molecule has 8 nitrogen and oxygen atoms in total. The molecule has 0 radical (unpaired) electrons. The number of ether oxygens (including phenoxy) is 3. The number of alkyl halides is 2. The van der Waals surface area contributed by atoms with Crippen molar-refractivity contribution in [2.24, 2.45) is 5.92 Å². The van der Waals surface area contributed by atoms with Crippen molar-refractivity contribution in [1.82, 2.24) is 14.3 Å². The first-order valence-corrected chi connectivity index (χ1v) is 12.5. The third-order valence-electron chi connectivity index (χ3n) is 7.02. The minimum Gasteiger partial charge on any atom is -0.496 e. The summed E-state index contributed by atoms with van der Waals surface area (Å²) in [5.74, 6) is -0.0228. The Labute approximate surface area is 213 Å². The molecule has 2 aromatic heterocycles. The molecule has 0 bridgehead atoms. The van der Waals surface area contributed by atoms with Crippen LogP contribution in [0.2, 0.25) is 0 Å². The Kier molecular flexibility index (Phi) is 7.15. The molecule has 2 fully saturated rings. The van der Waals surface area contributed by atoms with Gasteiger partial charge in [-0.2, -0.15) is 8.78 Å². The molecule has 1 aromatic carbocycles. The van der Waals surface area contributed by atoms with E-state index < -0.39 is 12.2 Å². The van der Waals surface area contributed by atoms with Crippen molar-refractivity contribution >= 4 is 11.4 Å². The Morgan fingerprint density at radius 3 is 2.65 bits per heavy atom. The molecule has 0 amide bonds. The summed E-state index contributed by atoms with van der Waals surface area (Å²) in [5, 5.41) is 11.2. The van der Waals surface area contributed by atoms with Crippen LogP contribution in [0.15, 0.2) is 36.7 Å². The van der Waals surface area contributed by atoms with Crippen molar-refractivity contribution in [1.29, 1.82) is 0 Å². The van der Waals surface area contributed by atoms with Crippen molar-refractivity contribution in [2.45, 2.75) is 38.4 Å². The lowest BCUT2D eigenvalue weighted by molar-refractivity contribution is -0.0502. The summed E-state index contributed by atoms with van der Waals surface area (Å²) in [7, 11) is 1.40.